The van der Waals surface area contributed by atoms with Crippen LogP contribution in [0.3, 0.4) is 0 Å². The second-order valence-electron chi connectivity index (χ2n) is 17.2. The van der Waals surface area contributed by atoms with E-state index >= 15 is 0 Å². The standard InChI is InChI=1S/C39H66N2O/c1-26(2)11-10-12-27(3)32-15-16-33-31-14-17-35-37(4,5)36(19-21-39(35,7)34(31)18-20-38(32,33)6)42-22-9-8-13-28-23-29(40)25-30(41)24-28/h23-27,31-36H,8-22,40-41H2,1-7H3/t27-,31+,32-,33+,34+,35?,36?,38-,39-/m1/s1. The fraction of sp³-hybridized carbons (Fsp3) is 0.846. The van der Waals surface area contributed by atoms with Crippen LogP contribution in [0.5, 0.6) is 0 Å². The van der Waals surface area contributed by atoms with Crippen LogP contribution >= 0.6 is 0 Å². The molecular formula is C39H66N2O. The van der Waals surface area contributed by atoms with Crippen molar-refractivity contribution in [2.45, 2.75) is 144 Å². The van der Waals surface area contributed by atoms with Gasteiger partial charge in [-0.3, -0.25) is 0 Å². The van der Waals surface area contributed by atoms with Gasteiger partial charge in [-0.25, -0.2) is 0 Å². The van der Waals surface area contributed by atoms with E-state index in [1.165, 1.54) is 76.2 Å². The van der Waals surface area contributed by atoms with Crippen LogP contribution in [-0.2, 0) is 11.2 Å². The Kier molecular flexibility index (Phi) is 9.69. The molecule has 4 N–H and O–H groups in total. The van der Waals surface area contributed by atoms with Gasteiger partial charge in [-0.05, 0) is 152 Å². The zero-order valence-electron chi connectivity index (χ0n) is 28.5. The molecule has 0 aromatic heterocycles. The fourth-order valence-electron chi connectivity index (χ4n) is 11.9. The molecule has 9 atom stereocenters. The summed E-state index contributed by atoms with van der Waals surface area (Å²) in [6.07, 6.45) is 19.4. The number of nitrogens with two attached hydrogens (primary N) is 2. The van der Waals surface area contributed by atoms with Crippen molar-refractivity contribution in [2.24, 2.45) is 57.7 Å². The first-order chi connectivity index (χ1) is 19.9. The van der Waals surface area contributed by atoms with Crippen molar-refractivity contribution in [3.8, 4) is 0 Å². The van der Waals surface area contributed by atoms with Crippen LogP contribution in [0.1, 0.15) is 138 Å². The van der Waals surface area contributed by atoms with Crippen molar-refractivity contribution in [1.29, 1.82) is 0 Å². The molecule has 0 bridgehead atoms. The number of hydrogen-bond donors (Lipinski definition) is 2. The number of hydrogen-bond acceptors (Lipinski definition) is 3. The highest BCUT2D eigenvalue weighted by atomic mass is 16.5. The molecule has 5 rings (SSSR count). The van der Waals surface area contributed by atoms with Crippen LogP contribution in [0.4, 0.5) is 11.4 Å². The summed E-state index contributed by atoms with van der Waals surface area (Å²) in [5.74, 6) is 6.36. The summed E-state index contributed by atoms with van der Waals surface area (Å²) >= 11 is 0. The van der Waals surface area contributed by atoms with E-state index in [0.717, 1.165) is 78.7 Å². The van der Waals surface area contributed by atoms with E-state index in [4.69, 9.17) is 16.2 Å². The fourth-order valence-corrected chi connectivity index (χ4v) is 11.9. The molecule has 238 valence electrons. The lowest BCUT2D eigenvalue weighted by Gasteiger charge is -2.65. The van der Waals surface area contributed by atoms with Crippen molar-refractivity contribution in [3.05, 3.63) is 23.8 Å². The van der Waals surface area contributed by atoms with Crippen LogP contribution in [0.25, 0.3) is 0 Å². The van der Waals surface area contributed by atoms with E-state index in [0.29, 0.717) is 16.9 Å². The van der Waals surface area contributed by atoms with Crippen LogP contribution in [0, 0.1) is 57.7 Å². The molecule has 4 saturated carbocycles. The van der Waals surface area contributed by atoms with Gasteiger partial charge in [0.25, 0.3) is 0 Å². The highest BCUT2D eigenvalue weighted by molar-refractivity contribution is 5.54. The first kappa shape index (κ1) is 32.2. The van der Waals surface area contributed by atoms with Gasteiger partial charge in [0.15, 0.2) is 0 Å². The lowest BCUT2D eigenvalue weighted by atomic mass is 9.41. The van der Waals surface area contributed by atoms with Crippen LogP contribution in [0.2, 0.25) is 0 Å². The summed E-state index contributed by atoms with van der Waals surface area (Å²) in [6, 6.07) is 5.96. The van der Waals surface area contributed by atoms with Gasteiger partial charge < -0.3 is 16.2 Å². The molecule has 42 heavy (non-hydrogen) atoms. The number of fused-ring (bicyclic) bond motifs is 5. The van der Waals surface area contributed by atoms with Crippen molar-refractivity contribution >= 4 is 11.4 Å². The zero-order chi connectivity index (χ0) is 30.3. The third kappa shape index (κ3) is 6.16. The quantitative estimate of drug-likeness (QED) is 0.203. The molecule has 0 spiro atoms. The molecule has 0 saturated heterocycles. The summed E-state index contributed by atoms with van der Waals surface area (Å²) < 4.78 is 6.74. The van der Waals surface area contributed by atoms with Gasteiger partial charge in [0.2, 0.25) is 0 Å². The largest absolute Gasteiger partial charge is 0.399 e. The molecule has 4 fully saturated rings. The second kappa shape index (κ2) is 12.6. The third-order valence-corrected chi connectivity index (χ3v) is 14.0. The van der Waals surface area contributed by atoms with Gasteiger partial charge in [-0.1, -0.05) is 67.7 Å². The second-order valence-corrected chi connectivity index (χ2v) is 17.2. The Labute approximate surface area is 259 Å². The first-order valence-electron chi connectivity index (χ1n) is 18.1. The van der Waals surface area contributed by atoms with Crippen LogP contribution in [0.15, 0.2) is 18.2 Å². The van der Waals surface area contributed by atoms with Gasteiger partial charge in [-0.15, -0.1) is 0 Å². The number of ether oxygens (including phenoxy) is 1. The van der Waals surface area contributed by atoms with Crippen LogP contribution < -0.4 is 11.5 Å². The number of aryl methyl sites for hydroxylation is 1. The first-order valence-corrected chi connectivity index (χ1v) is 18.1. The normalized spacial score (nSPS) is 38.1. The van der Waals surface area contributed by atoms with Crippen molar-refractivity contribution in [3.63, 3.8) is 0 Å². The minimum atomic E-state index is 0.254. The minimum absolute atomic E-state index is 0.254. The monoisotopic (exact) mass is 579 g/mol. The summed E-state index contributed by atoms with van der Waals surface area (Å²) in [5, 5.41) is 0. The molecule has 0 heterocycles. The van der Waals surface area contributed by atoms with Gasteiger partial charge in [-0.2, -0.15) is 0 Å². The molecule has 4 aliphatic rings. The number of rotatable bonds is 11. The van der Waals surface area contributed by atoms with E-state index < -0.39 is 0 Å². The Balaban J connectivity index is 1.17. The molecule has 0 radical (unpaired) electrons. The highest BCUT2D eigenvalue weighted by Crippen LogP contribution is 2.70. The molecule has 0 amide bonds. The molecule has 3 nitrogen and oxygen atoms in total. The van der Waals surface area contributed by atoms with Crippen LogP contribution in [-0.4, -0.2) is 12.7 Å². The number of unbranched alkanes of at least 4 members (excludes halogenated alkanes) is 1. The van der Waals surface area contributed by atoms with Crippen molar-refractivity contribution in [2.75, 3.05) is 18.1 Å². The van der Waals surface area contributed by atoms with Gasteiger partial charge >= 0.3 is 0 Å². The summed E-state index contributed by atoms with van der Waals surface area (Å²) in [4.78, 5) is 0. The number of benzene rings is 1. The summed E-state index contributed by atoms with van der Waals surface area (Å²) in [6.45, 7) is 18.9. The van der Waals surface area contributed by atoms with E-state index in [1.807, 2.05) is 6.07 Å². The van der Waals surface area contributed by atoms with E-state index in [-0.39, 0.29) is 5.41 Å². The number of anilines is 2. The maximum atomic E-state index is 6.74. The molecule has 1 aromatic rings. The van der Waals surface area contributed by atoms with Gasteiger partial charge in [0.05, 0.1) is 6.10 Å². The molecule has 4 aliphatic carbocycles. The van der Waals surface area contributed by atoms with Crippen molar-refractivity contribution < 1.29 is 4.74 Å². The molecular weight excluding hydrogens is 512 g/mol. The lowest BCUT2D eigenvalue weighted by Crippen LogP contribution is -2.59. The smallest absolute Gasteiger partial charge is 0.0629 e. The Bertz CT molecular complexity index is 1030. The summed E-state index contributed by atoms with van der Waals surface area (Å²) in [5.41, 5.74) is 16.1. The van der Waals surface area contributed by atoms with Gasteiger partial charge in [0, 0.05) is 18.0 Å². The van der Waals surface area contributed by atoms with E-state index in [9.17, 15) is 0 Å². The van der Waals surface area contributed by atoms with Gasteiger partial charge in [0.1, 0.15) is 0 Å². The number of nitrogen functional groups attached to an aromatic ring is 2. The maximum absolute atomic E-state index is 6.74. The lowest BCUT2D eigenvalue weighted by molar-refractivity contribution is -0.191. The average Bonchev–Trinajstić information content (AvgIpc) is 3.26. The molecule has 0 aliphatic heterocycles. The maximum Gasteiger partial charge on any atom is 0.0629 e. The topological polar surface area (TPSA) is 61.3 Å². The Morgan fingerprint density at radius 2 is 1.45 bits per heavy atom. The Morgan fingerprint density at radius 1 is 0.762 bits per heavy atom. The van der Waals surface area contributed by atoms with Crippen molar-refractivity contribution in [1.82, 2.24) is 0 Å². The Hall–Kier alpha value is -1.22. The summed E-state index contributed by atoms with van der Waals surface area (Å²) in [7, 11) is 0. The third-order valence-electron chi connectivity index (χ3n) is 14.0. The molecule has 3 heteroatoms. The van der Waals surface area contributed by atoms with E-state index in [1.54, 1.807) is 0 Å². The molecule has 2 unspecified atom stereocenters. The Morgan fingerprint density at radius 3 is 2.17 bits per heavy atom. The zero-order valence-corrected chi connectivity index (χ0v) is 28.5. The minimum Gasteiger partial charge on any atom is -0.399 e. The highest BCUT2D eigenvalue weighted by Gasteiger charge is 2.63. The molecule has 1 aromatic carbocycles. The predicted molar refractivity (Wildman–Crippen MR) is 180 cm³/mol. The predicted octanol–water partition coefficient (Wildman–Crippen LogP) is 10.3. The SMILES string of the molecule is CC(C)CCC[C@@H](C)[C@H]1CC[C@H]2[C@@H]3CCC4C(C)(C)C(OCCCCc5cc(N)cc(N)c5)CC[C@]4(C)[C@H]3CC[C@]12C. The average molecular weight is 579 g/mol. The van der Waals surface area contributed by atoms with E-state index in [2.05, 4.69) is 60.6 Å².